The van der Waals surface area contributed by atoms with E-state index in [0.29, 0.717) is 18.8 Å². The summed E-state index contributed by atoms with van der Waals surface area (Å²) < 4.78 is 31.5. The number of hydrogen-bond acceptors (Lipinski definition) is 6. The predicted octanol–water partition coefficient (Wildman–Crippen LogP) is 0.612. The highest BCUT2D eigenvalue weighted by atomic mass is 32.2. The zero-order chi connectivity index (χ0) is 15.3. The summed E-state index contributed by atoms with van der Waals surface area (Å²) in [6.45, 7) is 2.52. The monoisotopic (exact) mass is 310 g/mol. The minimum Gasteiger partial charge on any atom is -0.343 e. The largest absolute Gasteiger partial charge is 0.343 e. The molecule has 2 rings (SSSR count). The molecule has 0 aliphatic rings. The molecule has 2 aromatic rings. The Morgan fingerprint density at radius 2 is 2.14 bits per heavy atom. The van der Waals surface area contributed by atoms with Crippen LogP contribution in [0.5, 0.6) is 0 Å². The fourth-order valence-electron chi connectivity index (χ4n) is 1.99. The molecule has 0 atom stereocenters. The van der Waals surface area contributed by atoms with Crippen LogP contribution in [0.15, 0.2) is 34.0 Å². The summed E-state index contributed by atoms with van der Waals surface area (Å²) in [4.78, 5) is 4.05. The van der Waals surface area contributed by atoms with Crippen LogP contribution in [0.2, 0.25) is 0 Å². The van der Waals surface area contributed by atoms with Gasteiger partial charge < -0.3 is 10.3 Å². The molecule has 1 heterocycles. The van der Waals surface area contributed by atoms with Gasteiger partial charge in [0.1, 0.15) is 0 Å². The molecule has 114 valence electrons. The van der Waals surface area contributed by atoms with E-state index in [1.165, 1.54) is 6.39 Å². The number of sulfonamides is 1. The molecule has 0 amide bonds. The van der Waals surface area contributed by atoms with Crippen molar-refractivity contribution in [3.63, 3.8) is 0 Å². The SMILES string of the molecule is CCc1ccc(S(=O)(=O)NCCc2ncon2)cc1CN. The summed E-state index contributed by atoms with van der Waals surface area (Å²) in [5, 5.41) is 3.62. The van der Waals surface area contributed by atoms with E-state index in [2.05, 4.69) is 19.4 Å². The molecule has 1 aromatic carbocycles. The Balaban J connectivity index is 2.08. The molecule has 0 fully saturated rings. The fraction of sp³-hybridized carbons (Fsp3) is 0.385. The molecule has 3 N–H and O–H groups in total. The predicted molar refractivity (Wildman–Crippen MR) is 76.9 cm³/mol. The van der Waals surface area contributed by atoms with Crippen molar-refractivity contribution in [1.29, 1.82) is 0 Å². The highest BCUT2D eigenvalue weighted by Crippen LogP contribution is 2.16. The van der Waals surface area contributed by atoms with Gasteiger partial charge in [0.25, 0.3) is 0 Å². The molecule has 0 radical (unpaired) electrons. The van der Waals surface area contributed by atoms with Gasteiger partial charge in [-0.3, -0.25) is 0 Å². The molecule has 0 aliphatic carbocycles. The van der Waals surface area contributed by atoms with Gasteiger partial charge in [0, 0.05) is 19.5 Å². The first kappa shape index (κ1) is 15.6. The van der Waals surface area contributed by atoms with Crippen LogP contribution >= 0.6 is 0 Å². The number of hydrogen-bond donors (Lipinski definition) is 2. The third kappa shape index (κ3) is 3.87. The van der Waals surface area contributed by atoms with E-state index in [1.807, 2.05) is 6.92 Å². The zero-order valence-electron chi connectivity index (χ0n) is 11.7. The van der Waals surface area contributed by atoms with Crippen molar-refractivity contribution in [2.45, 2.75) is 31.2 Å². The second-order valence-corrected chi connectivity index (χ2v) is 6.25. The molecule has 21 heavy (non-hydrogen) atoms. The Morgan fingerprint density at radius 1 is 1.33 bits per heavy atom. The Kier molecular flexibility index (Phi) is 5.05. The molecule has 8 heteroatoms. The van der Waals surface area contributed by atoms with E-state index < -0.39 is 10.0 Å². The highest BCUT2D eigenvalue weighted by molar-refractivity contribution is 7.89. The van der Waals surface area contributed by atoms with Gasteiger partial charge in [-0.05, 0) is 29.7 Å². The molecule has 1 aromatic heterocycles. The maximum absolute atomic E-state index is 12.2. The van der Waals surface area contributed by atoms with Gasteiger partial charge >= 0.3 is 0 Å². The summed E-state index contributed by atoms with van der Waals surface area (Å²) in [5.41, 5.74) is 7.56. The lowest BCUT2D eigenvalue weighted by molar-refractivity contribution is 0.410. The van der Waals surface area contributed by atoms with Gasteiger partial charge in [-0.1, -0.05) is 18.1 Å². The first-order valence-corrected chi connectivity index (χ1v) is 8.12. The molecule has 0 saturated heterocycles. The van der Waals surface area contributed by atoms with E-state index in [9.17, 15) is 8.42 Å². The standard InChI is InChI=1S/C13H18N4O3S/c1-2-10-3-4-12(7-11(10)8-14)21(18,19)16-6-5-13-15-9-20-17-13/h3-4,7,9,16H,2,5-6,8,14H2,1H3. The lowest BCUT2D eigenvalue weighted by Gasteiger charge is -2.10. The number of nitrogens with one attached hydrogen (secondary N) is 1. The van der Waals surface area contributed by atoms with Crippen LogP contribution in [-0.2, 0) is 29.4 Å². The Labute approximate surface area is 123 Å². The summed E-state index contributed by atoms with van der Waals surface area (Å²) in [6, 6.07) is 5.01. The Morgan fingerprint density at radius 3 is 2.76 bits per heavy atom. The third-order valence-electron chi connectivity index (χ3n) is 3.14. The number of rotatable bonds is 7. The third-order valence-corrected chi connectivity index (χ3v) is 4.60. The van der Waals surface area contributed by atoms with Crippen molar-refractivity contribution in [3.05, 3.63) is 41.5 Å². The minimum absolute atomic E-state index is 0.204. The molecule has 0 aliphatic heterocycles. The molecule has 0 spiro atoms. The molecule has 0 unspecified atom stereocenters. The second-order valence-electron chi connectivity index (χ2n) is 4.48. The van der Waals surface area contributed by atoms with Crippen molar-refractivity contribution in [3.8, 4) is 0 Å². The van der Waals surface area contributed by atoms with Gasteiger partial charge in [0.05, 0.1) is 4.90 Å². The summed E-state index contributed by atoms with van der Waals surface area (Å²) >= 11 is 0. The average Bonchev–Trinajstić information content (AvgIpc) is 2.99. The Hall–Kier alpha value is -1.77. The number of aryl methyl sites for hydroxylation is 1. The molecular formula is C13H18N4O3S. The molecule has 0 bridgehead atoms. The Bertz CT molecular complexity index is 683. The summed E-state index contributed by atoms with van der Waals surface area (Å²) in [6.07, 6.45) is 2.39. The first-order chi connectivity index (χ1) is 10.1. The lowest BCUT2D eigenvalue weighted by Crippen LogP contribution is -2.26. The van der Waals surface area contributed by atoms with Crippen LogP contribution in [0.4, 0.5) is 0 Å². The molecule has 7 nitrogen and oxygen atoms in total. The van der Waals surface area contributed by atoms with Crippen LogP contribution in [0.3, 0.4) is 0 Å². The van der Waals surface area contributed by atoms with Gasteiger partial charge in [-0.25, -0.2) is 13.1 Å². The number of nitrogens with two attached hydrogens (primary N) is 1. The van der Waals surface area contributed by atoms with E-state index in [4.69, 9.17) is 5.73 Å². The van der Waals surface area contributed by atoms with E-state index in [-0.39, 0.29) is 11.4 Å². The molecular weight excluding hydrogens is 292 g/mol. The van der Waals surface area contributed by atoms with Crippen LogP contribution in [0.25, 0.3) is 0 Å². The normalized spacial score (nSPS) is 11.7. The maximum Gasteiger partial charge on any atom is 0.240 e. The van der Waals surface area contributed by atoms with Gasteiger partial charge in [-0.2, -0.15) is 4.98 Å². The molecule has 0 saturated carbocycles. The topological polar surface area (TPSA) is 111 Å². The lowest BCUT2D eigenvalue weighted by atomic mass is 10.1. The average molecular weight is 310 g/mol. The van der Waals surface area contributed by atoms with Crippen molar-refractivity contribution < 1.29 is 12.9 Å². The quantitative estimate of drug-likeness (QED) is 0.775. The van der Waals surface area contributed by atoms with Crippen molar-refractivity contribution in [2.75, 3.05) is 6.54 Å². The van der Waals surface area contributed by atoms with Crippen LogP contribution in [0, 0.1) is 0 Å². The highest BCUT2D eigenvalue weighted by Gasteiger charge is 2.15. The number of benzene rings is 1. The van der Waals surface area contributed by atoms with Gasteiger partial charge in [-0.15, -0.1) is 0 Å². The summed E-state index contributed by atoms with van der Waals surface area (Å²) in [7, 11) is -3.56. The van der Waals surface area contributed by atoms with Gasteiger partial charge in [0.15, 0.2) is 5.82 Å². The minimum atomic E-state index is -3.56. The van der Waals surface area contributed by atoms with E-state index >= 15 is 0 Å². The smallest absolute Gasteiger partial charge is 0.240 e. The van der Waals surface area contributed by atoms with Crippen molar-refractivity contribution in [1.82, 2.24) is 14.9 Å². The first-order valence-electron chi connectivity index (χ1n) is 6.63. The zero-order valence-corrected chi connectivity index (χ0v) is 12.6. The van der Waals surface area contributed by atoms with Crippen LogP contribution in [0.1, 0.15) is 23.9 Å². The van der Waals surface area contributed by atoms with Gasteiger partial charge in [0.2, 0.25) is 16.4 Å². The van der Waals surface area contributed by atoms with E-state index in [1.54, 1.807) is 18.2 Å². The summed E-state index contributed by atoms with van der Waals surface area (Å²) in [5.74, 6) is 0.460. The second kappa shape index (κ2) is 6.79. The maximum atomic E-state index is 12.2. The van der Waals surface area contributed by atoms with E-state index in [0.717, 1.165) is 17.5 Å². The number of aromatic nitrogens is 2. The number of nitrogens with zero attached hydrogens (tertiary/aromatic N) is 2. The van der Waals surface area contributed by atoms with Crippen molar-refractivity contribution in [2.24, 2.45) is 5.73 Å². The fourth-order valence-corrected chi connectivity index (χ4v) is 3.07. The van der Waals surface area contributed by atoms with Crippen LogP contribution < -0.4 is 10.5 Å². The van der Waals surface area contributed by atoms with Crippen molar-refractivity contribution >= 4 is 10.0 Å². The van der Waals surface area contributed by atoms with Crippen LogP contribution in [-0.4, -0.2) is 25.1 Å².